The van der Waals surface area contributed by atoms with Crippen LogP contribution in [0.15, 0.2) is 58.7 Å². The number of aromatic nitrogens is 1. The number of hydrogen-bond donors (Lipinski definition) is 1. The minimum Gasteiger partial charge on any atom is -0.467 e. The van der Waals surface area contributed by atoms with Crippen molar-refractivity contribution in [1.82, 2.24) is 9.88 Å². The Labute approximate surface area is 149 Å². The zero-order valence-corrected chi connectivity index (χ0v) is 14.5. The molecule has 7 heteroatoms. The Hall–Kier alpha value is -2.93. The molecule has 25 heavy (non-hydrogen) atoms. The van der Waals surface area contributed by atoms with E-state index in [1.807, 2.05) is 18.2 Å². The molecule has 6 nitrogen and oxygen atoms in total. The molecule has 1 aromatic carbocycles. The third kappa shape index (κ3) is 4.33. The van der Waals surface area contributed by atoms with Crippen LogP contribution in [0.1, 0.15) is 21.1 Å². The van der Waals surface area contributed by atoms with Crippen LogP contribution in [-0.2, 0) is 11.3 Å². The number of aryl methyl sites for hydroxylation is 1. The first-order valence-electron chi connectivity index (χ1n) is 7.70. The normalized spacial score (nSPS) is 10.4. The summed E-state index contributed by atoms with van der Waals surface area (Å²) < 4.78 is 5.32. The Bertz CT molecular complexity index is 844. The SMILES string of the molecule is Cc1ncsc1C(=O)N(CC(=O)Nc1ccccc1)Cc1ccco1. The molecular formula is C18H17N3O3S. The lowest BCUT2D eigenvalue weighted by molar-refractivity contribution is -0.117. The summed E-state index contributed by atoms with van der Waals surface area (Å²) in [4.78, 5) is 31.3. The maximum atomic E-state index is 12.8. The highest BCUT2D eigenvalue weighted by Gasteiger charge is 2.23. The maximum Gasteiger partial charge on any atom is 0.266 e. The highest BCUT2D eigenvalue weighted by Crippen LogP contribution is 2.17. The van der Waals surface area contributed by atoms with E-state index in [2.05, 4.69) is 10.3 Å². The van der Waals surface area contributed by atoms with Crippen molar-refractivity contribution in [2.75, 3.05) is 11.9 Å². The standard InChI is InChI=1S/C18H17N3O3S/c1-13-17(25-12-19-13)18(23)21(10-15-8-5-9-24-15)11-16(22)20-14-6-3-2-4-7-14/h2-9,12H,10-11H2,1H3,(H,20,22). The van der Waals surface area contributed by atoms with Crippen molar-refractivity contribution >= 4 is 28.8 Å². The summed E-state index contributed by atoms with van der Waals surface area (Å²) >= 11 is 1.27. The van der Waals surface area contributed by atoms with E-state index in [1.165, 1.54) is 16.2 Å². The van der Waals surface area contributed by atoms with Gasteiger partial charge in [-0.05, 0) is 31.2 Å². The molecule has 3 rings (SSSR count). The van der Waals surface area contributed by atoms with E-state index in [0.717, 1.165) is 0 Å². The third-order valence-corrected chi connectivity index (χ3v) is 4.46. The maximum absolute atomic E-state index is 12.8. The second kappa shape index (κ2) is 7.76. The van der Waals surface area contributed by atoms with Gasteiger partial charge in [-0.2, -0.15) is 0 Å². The first-order chi connectivity index (χ1) is 12.1. The number of amides is 2. The number of benzene rings is 1. The van der Waals surface area contributed by atoms with Crippen molar-refractivity contribution in [2.45, 2.75) is 13.5 Å². The number of thiazole rings is 1. The molecule has 0 radical (unpaired) electrons. The molecule has 3 aromatic rings. The van der Waals surface area contributed by atoms with Crippen molar-refractivity contribution in [3.63, 3.8) is 0 Å². The van der Waals surface area contributed by atoms with Crippen LogP contribution in [0.2, 0.25) is 0 Å². The molecule has 0 bridgehead atoms. The summed E-state index contributed by atoms with van der Waals surface area (Å²) in [5, 5.41) is 2.79. The van der Waals surface area contributed by atoms with Gasteiger partial charge in [0.05, 0.1) is 24.0 Å². The first kappa shape index (κ1) is 16.9. The van der Waals surface area contributed by atoms with Gasteiger partial charge in [-0.3, -0.25) is 9.59 Å². The molecule has 0 fully saturated rings. The third-order valence-electron chi connectivity index (χ3n) is 3.55. The van der Waals surface area contributed by atoms with E-state index in [0.29, 0.717) is 22.0 Å². The monoisotopic (exact) mass is 355 g/mol. The van der Waals surface area contributed by atoms with Gasteiger partial charge in [-0.1, -0.05) is 18.2 Å². The molecule has 2 heterocycles. The number of furan rings is 1. The quantitative estimate of drug-likeness (QED) is 0.736. The summed E-state index contributed by atoms with van der Waals surface area (Å²) in [5.74, 6) is 0.107. The van der Waals surface area contributed by atoms with Crippen LogP contribution in [0.25, 0.3) is 0 Å². The number of hydrogen-bond acceptors (Lipinski definition) is 5. The Morgan fingerprint density at radius 3 is 2.64 bits per heavy atom. The van der Waals surface area contributed by atoms with Crippen LogP contribution in [-0.4, -0.2) is 28.2 Å². The Morgan fingerprint density at radius 2 is 2.00 bits per heavy atom. The van der Waals surface area contributed by atoms with E-state index >= 15 is 0 Å². The van der Waals surface area contributed by atoms with E-state index in [4.69, 9.17) is 4.42 Å². The van der Waals surface area contributed by atoms with Gasteiger partial charge >= 0.3 is 0 Å². The van der Waals surface area contributed by atoms with Crippen LogP contribution >= 0.6 is 11.3 Å². The fraction of sp³-hybridized carbons (Fsp3) is 0.167. The van der Waals surface area contributed by atoms with Crippen LogP contribution in [0.5, 0.6) is 0 Å². The lowest BCUT2D eigenvalue weighted by Crippen LogP contribution is -2.37. The molecule has 0 saturated heterocycles. The number of nitrogens with zero attached hydrogens (tertiary/aromatic N) is 2. The van der Waals surface area contributed by atoms with E-state index < -0.39 is 0 Å². The number of rotatable bonds is 6. The highest BCUT2D eigenvalue weighted by atomic mass is 32.1. The van der Waals surface area contributed by atoms with Crippen LogP contribution in [0.3, 0.4) is 0 Å². The predicted octanol–water partition coefficient (Wildman–Crippen LogP) is 3.33. The summed E-state index contributed by atoms with van der Waals surface area (Å²) in [6.07, 6.45) is 1.54. The molecule has 1 N–H and O–H groups in total. The van der Waals surface area contributed by atoms with E-state index in [-0.39, 0.29) is 24.9 Å². The topological polar surface area (TPSA) is 75.4 Å². The molecule has 0 aliphatic heterocycles. The molecule has 0 spiro atoms. The second-order valence-electron chi connectivity index (χ2n) is 5.42. The number of carbonyl (C=O) groups excluding carboxylic acids is 2. The average molecular weight is 355 g/mol. The fourth-order valence-electron chi connectivity index (χ4n) is 2.34. The lowest BCUT2D eigenvalue weighted by Gasteiger charge is -2.20. The molecule has 2 aromatic heterocycles. The van der Waals surface area contributed by atoms with Gasteiger partial charge in [0.25, 0.3) is 5.91 Å². The van der Waals surface area contributed by atoms with Gasteiger partial charge in [0.15, 0.2) is 0 Å². The fourth-order valence-corrected chi connectivity index (χ4v) is 3.11. The zero-order chi connectivity index (χ0) is 17.6. The molecule has 0 aliphatic carbocycles. The summed E-state index contributed by atoms with van der Waals surface area (Å²) in [5.41, 5.74) is 2.97. The minimum atomic E-state index is -0.270. The minimum absolute atomic E-state index is 0.0776. The molecular weight excluding hydrogens is 338 g/mol. The molecule has 2 amide bonds. The smallest absolute Gasteiger partial charge is 0.266 e. The van der Waals surface area contributed by atoms with E-state index in [1.54, 1.807) is 43.0 Å². The molecule has 0 atom stereocenters. The molecule has 0 aliphatic rings. The Balaban J connectivity index is 1.75. The largest absolute Gasteiger partial charge is 0.467 e. The summed E-state index contributed by atoms with van der Waals surface area (Å²) in [6, 6.07) is 12.7. The van der Waals surface area contributed by atoms with Crippen molar-refractivity contribution in [3.8, 4) is 0 Å². The van der Waals surface area contributed by atoms with Crippen molar-refractivity contribution in [2.24, 2.45) is 0 Å². The van der Waals surface area contributed by atoms with Crippen LogP contribution in [0, 0.1) is 6.92 Å². The van der Waals surface area contributed by atoms with Gasteiger partial charge < -0.3 is 14.6 Å². The van der Waals surface area contributed by atoms with Gasteiger partial charge in [0.2, 0.25) is 5.91 Å². The van der Waals surface area contributed by atoms with Crippen molar-refractivity contribution in [1.29, 1.82) is 0 Å². The predicted molar refractivity (Wildman–Crippen MR) is 95.4 cm³/mol. The van der Waals surface area contributed by atoms with Crippen LogP contribution < -0.4 is 5.32 Å². The van der Waals surface area contributed by atoms with Crippen molar-refractivity contribution in [3.05, 3.63) is 70.6 Å². The van der Waals surface area contributed by atoms with Crippen LogP contribution in [0.4, 0.5) is 5.69 Å². The Morgan fingerprint density at radius 1 is 1.20 bits per heavy atom. The summed E-state index contributed by atoms with van der Waals surface area (Å²) in [6.45, 7) is 1.91. The van der Waals surface area contributed by atoms with Gasteiger partial charge in [-0.15, -0.1) is 11.3 Å². The average Bonchev–Trinajstić information content (AvgIpc) is 3.26. The van der Waals surface area contributed by atoms with Gasteiger partial charge in [0, 0.05) is 5.69 Å². The molecule has 128 valence electrons. The molecule has 0 saturated carbocycles. The number of carbonyl (C=O) groups is 2. The highest BCUT2D eigenvalue weighted by molar-refractivity contribution is 7.11. The van der Waals surface area contributed by atoms with Gasteiger partial charge in [0.1, 0.15) is 17.2 Å². The number of para-hydroxylation sites is 1. The molecule has 0 unspecified atom stereocenters. The number of anilines is 1. The van der Waals surface area contributed by atoms with Gasteiger partial charge in [-0.25, -0.2) is 4.98 Å². The zero-order valence-electron chi connectivity index (χ0n) is 13.6. The van der Waals surface area contributed by atoms with E-state index in [9.17, 15) is 9.59 Å². The lowest BCUT2D eigenvalue weighted by atomic mass is 10.3. The number of nitrogens with one attached hydrogen (secondary N) is 1. The first-order valence-corrected chi connectivity index (χ1v) is 8.58. The Kier molecular flexibility index (Phi) is 5.25. The summed E-state index contributed by atoms with van der Waals surface area (Å²) in [7, 11) is 0. The van der Waals surface area contributed by atoms with Crippen molar-refractivity contribution < 1.29 is 14.0 Å². The second-order valence-corrected chi connectivity index (χ2v) is 6.28.